The molecule has 0 aliphatic heterocycles. The summed E-state index contributed by atoms with van der Waals surface area (Å²) >= 11 is 0. The number of nitrogens with one attached hydrogen (secondary N) is 1. The summed E-state index contributed by atoms with van der Waals surface area (Å²) in [4.78, 5) is 0.128. The number of rotatable bonds is 5. The second-order valence-corrected chi connectivity index (χ2v) is 5.91. The summed E-state index contributed by atoms with van der Waals surface area (Å²) in [5, 5.41) is 0. The van der Waals surface area contributed by atoms with Crippen LogP contribution in [0, 0.1) is 0 Å². The first kappa shape index (κ1) is 13.7. The Balaban J connectivity index is 1.99. The van der Waals surface area contributed by atoms with Crippen molar-refractivity contribution in [2.24, 2.45) is 0 Å². The molecule has 2 aromatic rings. The Labute approximate surface area is 114 Å². The summed E-state index contributed by atoms with van der Waals surface area (Å²) in [6, 6.07) is 16.2. The van der Waals surface area contributed by atoms with Gasteiger partial charge in [0.15, 0.2) is 0 Å². The Kier molecular flexibility index (Phi) is 4.31. The molecule has 1 unspecified atom stereocenters. The lowest BCUT2D eigenvalue weighted by Gasteiger charge is -2.05. The maximum absolute atomic E-state index is 12.1. The van der Waals surface area contributed by atoms with Crippen LogP contribution in [0.1, 0.15) is 5.56 Å². The van der Waals surface area contributed by atoms with Crippen LogP contribution in [0.4, 0.5) is 5.69 Å². The molecule has 0 saturated carbocycles. The third kappa shape index (κ3) is 3.64. The number of sulfonamides is 1. The van der Waals surface area contributed by atoms with Gasteiger partial charge in [-0.2, -0.15) is 0 Å². The van der Waals surface area contributed by atoms with Crippen molar-refractivity contribution in [2.45, 2.75) is 11.3 Å². The summed E-state index contributed by atoms with van der Waals surface area (Å²) in [5.74, 6) is 0. The highest BCUT2D eigenvalue weighted by Crippen LogP contribution is 2.21. The van der Waals surface area contributed by atoms with Crippen LogP contribution in [-0.4, -0.2) is 6.54 Å². The Hall–Kier alpha value is -1.69. The second-order valence-electron chi connectivity index (χ2n) is 4.17. The van der Waals surface area contributed by atoms with E-state index in [1.165, 1.54) is 6.07 Å². The highest BCUT2D eigenvalue weighted by molar-refractivity contribution is 7.95. The molecule has 0 heterocycles. The van der Waals surface area contributed by atoms with Gasteiger partial charge in [0.25, 0.3) is 0 Å². The number of hydrogen-bond donors (Lipinski definition) is 2. The molecule has 5 heteroatoms. The van der Waals surface area contributed by atoms with Crippen molar-refractivity contribution in [3.05, 3.63) is 60.2 Å². The van der Waals surface area contributed by atoms with Gasteiger partial charge in [-0.05, 0) is 22.3 Å². The van der Waals surface area contributed by atoms with Gasteiger partial charge >= 0.3 is 10.4 Å². The Morgan fingerprint density at radius 3 is 2.32 bits per heavy atom. The molecule has 0 fully saturated rings. The second kappa shape index (κ2) is 5.97. The van der Waals surface area contributed by atoms with Gasteiger partial charge in [-0.25, -0.2) is 0 Å². The zero-order chi connectivity index (χ0) is 13.7. The van der Waals surface area contributed by atoms with Gasteiger partial charge in [0.2, 0.25) is 4.90 Å². The molecule has 99 valence electrons. The first-order valence-electron chi connectivity index (χ1n) is 5.98. The number of para-hydroxylation sites is 1. The highest BCUT2D eigenvalue weighted by Gasteiger charge is 2.34. The lowest BCUT2D eigenvalue weighted by atomic mass is 10.2. The fourth-order valence-corrected chi connectivity index (χ4v) is 2.94. The van der Waals surface area contributed by atoms with E-state index in [4.69, 9.17) is 5.73 Å². The van der Waals surface area contributed by atoms with E-state index in [2.05, 4.69) is 4.72 Å². The predicted molar refractivity (Wildman–Crippen MR) is 76.0 cm³/mol. The van der Waals surface area contributed by atoms with E-state index in [9.17, 15) is 8.76 Å². The van der Waals surface area contributed by atoms with Crippen LogP contribution >= 0.6 is 0 Å². The molecular formula is C14H16N2O2S+. The first-order valence-corrected chi connectivity index (χ1v) is 7.46. The normalized spacial score (nSPS) is 13.9. The minimum Gasteiger partial charge on any atom is -0.395 e. The zero-order valence-electron chi connectivity index (χ0n) is 10.4. The van der Waals surface area contributed by atoms with Crippen molar-refractivity contribution >= 4 is 16.1 Å². The van der Waals surface area contributed by atoms with Gasteiger partial charge in [0.1, 0.15) is 0 Å². The molecule has 0 aliphatic carbocycles. The molecular weight excluding hydrogens is 260 g/mol. The highest BCUT2D eigenvalue weighted by atomic mass is 32.3. The quantitative estimate of drug-likeness (QED) is 0.649. The minimum absolute atomic E-state index is 0.128. The predicted octanol–water partition coefficient (Wildman–Crippen LogP) is 2.22. The summed E-state index contributed by atoms with van der Waals surface area (Å²) in [7, 11) is -3.54. The molecule has 0 saturated heterocycles. The van der Waals surface area contributed by atoms with Crippen LogP contribution in [0.3, 0.4) is 0 Å². The van der Waals surface area contributed by atoms with Crippen LogP contribution in [0.15, 0.2) is 59.5 Å². The number of hydrogen-bond acceptors (Lipinski definition) is 2. The molecule has 0 amide bonds. The Bertz CT molecular complexity index is 587. The van der Waals surface area contributed by atoms with E-state index >= 15 is 0 Å². The smallest absolute Gasteiger partial charge is 0.368 e. The summed E-state index contributed by atoms with van der Waals surface area (Å²) in [5.41, 5.74) is 7.02. The van der Waals surface area contributed by atoms with Crippen molar-refractivity contribution in [1.29, 1.82) is 0 Å². The molecule has 2 aromatic carbocycles. The molecule has 1 atom stereocenters. The summed E-state index contributed by atoms with van der Waals surface area (Å²) < 4.78 is 26.7. The van der Waals surface area contributed by atoms with Crippen molar-refractivity contribution < 1.29 is 8.76 Å². The summed E-state index contributed by atoms with van der Waals surface area (Å²) in [6.45, 7) is 0.348. The van der Waals surface area contributed by atoms with Crippen molar-refractivity contribution in [1.82, 2.24) is 4.72 Å². The Morgan fingerprint density at radius 2 is 1.63 bits per heavy atom. The molecule has 0 aromatic heterocycles. The van der Waals surface area contributed by atoms with Gasteiger partial charge in [-0.1, -0.05) is 42.5 Å². The largest absolute Gasteiger partial charge is 0.395 e. The van der Waals surface area contributed by atoms with Crippen LogP contribution in [0.5, 0.6) is 0 Å². The molecule has 19 heavy (non-hydrogen) atoms. The average molecular weight is 276 g/mol. The maximum Gasteiger partial charge on any atom is 0.368 e. The van der Waals surface area contributed by atoms with Gasteiger partial charge in [0.05, 0.1) is 10.2 Å². The topological polar surface area (TPSA) is 75.0 Å². The van der Waals surface area contributed by atoms with Gasteiger partial charge in [-0.15, -0.1) is 4.72 Å². The van der Waals surface area contributed by atoms with Crippen molar-refractivity contribution in [3.63, 3.8) is 0 Å². The first-order chi connectivity index (χ1) is 9.09. The lowest BCUT2D eigenvalue weighted by Crippen LogP contribution is -2.31. The van der Waals surface area contributed by atoms with Crippen LogP contribution in [0.2, 0.25) is 0 Å². The number of anilines is 1. The van der Waals surface area contributed by atoms with E-state index in [0.29, 0.717) is 13.0 Å². The lowest BCUT2D eigenvalue weighted by molar-refractivity contribution is 0.417. The SMILES string of the molecule is Nc1ccccc1[S+]([O])(=O)NCCc1ccccc1. The number of nitrogens with two attached hydrogens (primary N) is 1. The molecule has 3 N–H and O–H groups in total. The van der Waals surface area contributed by atoms with Gasteiger partial charge < -0.3 is 5.73 Å². The van der Waals surface area contributed by atoms with E-state index in [0.717, 1.165) is 5.56 Å². The van der Waals surface area contributed by atoms with Crippen LogP contribution < -0.4 is 10.5 Å². The van der Waals surface area contributed by atoms with E-state index in [1.807, 2.05) is 30.3 Å². The van der Waals surface area contributed by atoms with Crippen LogP contribution in [-0.2, 0) is 25.6 Å². The molecule has 0 aliphatic rings. The van der Waals surface area contributed by atoms with Crippen LogP contribution in [0.25, 0.3) is 0 Å². The molecule has 1 radical (unpaired) electrons. The van der Waals surface area contributed by atoms with E-state index in [-0.39, 0.29) is 10.6 Å². The fraction of sp³-hybridized carbons (Fsp3) is 0.143. The molecule has 4 nitrogen and oxygen atoms in total. The third-order valence-corrected chi connectivity index (χ3v) is 4.29. The fourth-order valence-electron chi connectivity index (χ4n) is 1.78. The molecule has 0 spiro atoms. The van der Waals surface area contributed by atoms with Crippen molar-refractivity contribution in [2.75, 3.05) is 12.3 Å². The minimum atomic E-state index is -3.54. The zero-order valence-corrected chi connectivity index (χ0v) is 11.2. The summed E-state index contributed by atoms with van der Waals surface area (Å²) in [6.07, 6.45) is 0.646. The number of nitrogen functional groups attached to an aromatic ring is 1. The standard InChI is InChI=1S/C14H16N2O2S/c15-13-8-4-5-9-14(13)19(17,18)16-11-10-12-6-2-1-3-7-12/h1-9H,10-11,15H2,(H,16,17)/q+1. The monoisotopic (exact) mass is 276 g/mol. The molecule has 2 rings (SSSR count). The van der Waals surface area contributed by atoms with E-state index < -0.39 is 10.4 Å². The third-order valence-electron chi connectivity index (χ3n) is 2.76. The Morgan fingerprint density at radius 1 is 1.00 bits per heavy atom. The maximum atomic E-state index is 12.1. The molecule has 0 bridgehead atoms. The van der Waals surface area contributed by atoms with Crippen molar-refractivity contribution in [3.8, 4) is 0 Å². The number of benzene rings is 2. The van der Waals surface area contributed by atoms with Gasteiger partial charge in [0, 0.05) is 12.6 Å². The average Bonchev–Trinajstić information content (AvgIpc) is 2.40. The van der Waals surface area contributed by atoms with E-state index in [1.54, 1.807) is 18.2 Å². The van der Waals surface area contributed by atoms with Gasteiger partial charge in [-0.3, -0.25) is 0 Å².